The number of rotatable bonds is 1. The molecule has 0 bridgehead atoms. The number of aliphatic hydroxyl groups is 1. The Labute approximate surface area is 55.3 Å². The lowest BCUT2D eigenvalue weighted by Crippen LogP contribution is -2.01. The summed E-state index contributed by atoms with van der Waals surface area (Å²) in [5.74, 6) is 0.420. The third-order valence-corrected chi connectivity index (χ3v) is 1.95. The third kappa shape index (κ3) is 1.43. The van der Waals surface area contributed by atoms with Crippen LogP contribution in [0.3, 0.4) is 0 Å². The molecule has 0 aromatic carbocycles. The molecule has 0 heterocycles. The molecule has 1 N–H and O–H groups in total. The Hall–Kier alpha value is -0.550. The van der Waals surface area contributed by atoms with Crippen molar-refractivity contribution in [3.8, 4) is 0 Å². The van der Waals surface area contributed by atoms with Gasteiger partial charge in [-0.25, -0.2) is 6.57 Å². The molecule has 2 nitrogen and oxygen atoms in total. The molecule has 0 amide bonds. The molecular formula is C7H11NO. The molecule has 2 atom stereocenters. The standard InChI is InChI=1S/C7H11NO/c1-8-7-3-2-6(4-7)5-9/h6-7,9H,2-5H2/t6-,7?/m0/s1. The van der Waals surface area contributed by atoms with Crippen LogP contribution < -0.4 is 0 Å². The van der Waals surface area contributed by atoms with E-state index in [9.17, 15) is 0 Å². The minimum atomic E-state index is 0.210. The van der Waals surface area contributed by atoms with Crippen LogP contribution in [-0.4, -0.2) is 17.8 Å². The molecule has 0 radical (unpaired) electrons. The van der Waals surface area contributed by atoms with E-state index in [0.29, 0.717) is 5.92 Å². The lowest BCUT2D eigenvalue weighted by Gasteiger charge is -1.98. The second-order valence-corrected chi connectivity index (χ2v) is 2.64. The maximum atomic E-state index is 8.68. The van der Waals surface area contributed by atoms with E-state index in [1.165, 1.54) is 0 Å². The predicted octanol–water partition coefficient (Wildman–Crippen LogP) is 1.07. The number of aliphatic hydroxyl groups excluding tert-OH is 1. The van der Waals surface area contributed by atoms with Gasteiger partial charge in [0.05, 0.1) is 0 Å². The highest BCUT2D eigenvalue weighted by atomic mass is 16.3. The second kappa shape index (κ2) is 2.84. The third-order valence-electron chi connectivity index (χ3n) is 1.95. The lowest BCUT2D eigenvalue weighted by atomic mass is 10.1. The highest BCUT2D eigenvalue weighted by Crippen LogP contribution is 2.26. The minimum Gasteiger partial charge on any atom is -0.396 e. The fourth-order valence-electron chi connectivity index (χ4n) is 1.33. The van der Waals surface area contributed by atoms with E-state index in [-0.39, 0.29) is 12.6 Å². The summed E-state index contributed by atoms with van der Waals surface area (Å²) in [7, 11) is 0. The first kappa shape index (κ1) is 6.57. The van der Waals surface area contributed by atoms with Crippen molar-refractivity contribution in [2.75, 3.05) is 6.61 Å². The normalized spacial score (nSPS) is 34.2. The van der Waals surface area contributed by atoms with Gasteiger partial charge in [0.15, 0.2) is 0 Å². The smallest absolute Gasteiger partial charge is 0.224 e. The molecule has 50 valence electrons. The second-order valence-electron chi connectivity index (χ2n) is 2.64. The Kier molecular flexibility index (Phi) is 2.07. The summed E-state index contributed by atoms with van der Waals surface area (Å²) >= 11 is 0. The highest BCUT2D eigenvalue weighted by molar-refractivity contribution is 4.87. The van der Waals surface area contributed by atoms with Gasteiger partial charge < -0.3 is 9.95 Å². The molecule has 0 aromatic rings. The number of hydrogen-bond donors (Lipinski definition) is 1. The van der Waals surface area contributed by atoms with Gasteiger partial charge in [0.25, 0.3) is 0 Å². The zero-order chi connectivity index (χ0) is 6.69. The summed E-state index contributed by atoms with van der Waals surface area (Å²) in [6.07, 6.45) is 2.96. The van der Waals surface area contributed by atoms with Crippen molar-refractivity contribution in [2.45, 2.75) is 25.3 Å². The van der Waals surface area contributed by atoms with Crippen molar-refractivity contribution in [3.63, 3.8) is 0 Å². The van der Waals surface area contributed by atoms with E-state index < -0.39 is 0 Å². The first-order chi connectivity index (χ1) is 4.36. The summed E-state index contributed by atoms with van der Waals surface area (Å²) < 4.78 is 0. The van der Waals surface area contributed by atoms with Crippen molar-refractivity contribution in [2.24, 2.45) is 5.92 Å². The van der Waals surface area contributed by atoms with Crippen molar-refractivity contribution >= 4 is 0 Å². The lowest BCUT2D eigenvalue weighted by molar-refractivity contribution is 0.229. The molecule has 1 fully saturated rings. The van der Waals surface area contributed by atoms with Crippen LogP contribution in [0.15, 0.2) is 0 Å². The Bertz CT molecular complexity index is 127. The van der Waals surface area contributed by atoms with Gasteiger partial charge in [0.2, 0.25) is 6.04 Å². The molecule has 0 saturated heterocycles. The molecule has 0 aliphatic heterocycles. The van der Waals surface area contributed by atoms with Gasteiger partial charge in [-0.05, 0) is 12.3 Å². The van der Waals surface area contributed by atoms with Gasteiger partial charge in [-0.2, -0.15) is 0 Å². The van der Waals surface area contributed by atoms with Crippen molar-refractivity contribution in [3.05, 3.63) is 11.4 Å². The largest absolute Gasteiger partial charge is 0.396 e. The molecule has 2 heteroatoms. The number of hydrogen-bond acceptors (Lipinski definition) is 1. The summed E-state index contributed by atoms with van der Waals surface area (Å²) in [6, 6.07) is 0.210. The van der Waals surface area contributed by atoms with E-state index in [2.05, 4.69) is 4.85 Å². The SMILES string of the molecule is [C-]#[N+]C1CC[C@H](CO)C1. The molecule has 1 rings (SSSR count). The van der Waals surface area contributed by atoms with Gasteiger partial charge >= 0.3 is 0 Å². The van der Waals surface area contributed by atoms with E-state index in [1.54, 1.807) is 0 Å². The first-order valence-corrected chi connectivity index (χ1v) is 3.34. The molecule has 1 aliphatic carbocycles. The van der Waals surface area contributed by atoms with Crippen LogP contribution in [0.2, 0.25) is 0 Å². The van der Waals surface area contributed by atoms with Gasteiger partial charge in [0.1, 0.15) is 0 Å². The van der Waals surface area contributed by atoms with Crippen LogP contribution in [0.4, 0.5) is 0 Å². The summed E-state index contributed by atoms with van der Waals surface area (Å²) in [6.45, 7) is 6.98. The fraction of sp³-hybridized carbons (Fsp3) is 0.857. The fourth-order valence-corrected chi connectivity index (χ4v) is 1.33. The van der Waals surface area contributed by atoms with Crippen LogP contribution in [0, 0.1) is 12.5 Å². The Morgan fingerprint density at radius 2 is 2.33 bits per heavy atom. The number of nitrogens with zero attached hydrogens (tertiary/aromatic N) is 1. The molecule has 1 aliphatic rings. The first-order valence-electron chi connectivity index (χ1n) is 3.34. The van der Waals surface area contributed by atoms with Crippen molar-refractivity contribution in [1.82, 2.24) is 0 Å². The molecule has 9 heavy (non-hydrogen) atoms. The van der Waals surface area contributed by atoms with Crippen LogP contribution in [0.25, 0.3) is 4.85 Å². The molecule has 0 aromatic heterocycles. The molecule has 1 saturated carbocycles. The monoisotopic (exact) mass is 125 g/mol. The van der Waals surface area contributed by atoms with Crippen LogP contribution in [0.5, 0.6) is 0 Å². The van der Waals surface area contributed by atoms with Crippen molar-refractivity contribution < 1.29 is 5.11 Å². The average molecular weight is 125 g/mol. The maximum absolute atomic E-state index is 8.68. The summed E-state index contributed by atoms with van der Waals surface area (Å²) in [5.41, 5.74) is 0. The predicted molar refractivity (Wildman–Crippen MR) is 34.8 cm³/mol. The summed E-state index contributed by atoms with van der Waals surface area (Å²) in [5, 5.41) is 8.68. The van der Waals surface area contributed by atoms with Gasteiger partial charge in [-0.15, -0.1) is 0 Å². The maximum Gasteiger partial charge on any atom is 0.224 e. The summed E-state index contributed by atoms with van der Waals surface area (Å²) in [4.78, 5) is 3.42. The zero-order valence-corrected chi connectivity index (χ0v) is 5.38. The quantitative estimate of drug-likeness (QED) is 0.521. The zero-order valence-electron chi connectivity index (χ0n) is 5.38. The van der Waals surface area contributed by atoms with Crippen LogP contribution >= 0.6 is 0 Å². The van der Waals surface area contributed by atoms with E-state index in [4.69, 9.17) is 11.7 Å². The Morgan fingerprint density at radius 3 is 2.67 bits per heavy atom. The van der Waals surface area contributed by atoms with Crippen molar-refractivity contribution in [1.29, 1.82) is 0 Å². The molecular weight excluding hydrogens is 114 g/mol. The molecule has 1 unspecified atom stereocenters. The van der Waals surface area contributed by atoms with Gasteiger partial charge in [-0.3, -0.25) is 0 Å². The average Bonchev–Trinajstić information content (AvgIpc) is 2.34. The van der Waals surface area contributed by atoms with Crippen LogP contribution in [-0.2, 0) is 0 Å². The highest BCUT2D eigenvalue weighted by Gasteiger charge is 2.27. The van der Waals surface area contributed by atoms with E-state index in [0.717, 1.165) is 19.3 Å². The van der Waals surface area contributed by atoms with E-state index in [1.807, 2.05) is 0 Å². The topological polar surface area (TPSA) is 24.6 Å². The Balaban J connectivity index is 2.31. The minimum absolute atomic E-state index is 0.210. The Morgan fingerprint density at radius 1 is 1.56 bits per heavy atom. The van der Waals surface area contributed by atoms with Gasteiger partial charge in [0, 0.05) is 19.4 Å². The molecule has 0 spiro atoms. The van der Waals surface area contributed by atoms with Gasteiger partial charge in [-0.1, -0.05) is 0 Å². The van der Waals surface area contributed by atoms with E-state index >= 15 is 0 Å². The van der Waals surface area contributed by atoms with Crippen LogP contribution in [0.1, 0.15) is 19.3 Å².